The Morgan fingerprint density at radius 2 is 1.58 bits per heavy atom. The Bertz CT molecular complexity index is 1790. The number of ketones is 3. The van der Waals surface area contributed by atoms with Gasteiger partial charge in [-0.3, -0.25) is 19.2 Å². The first-order chi connectivity index (χ1) is 30.3. The van der Waals surface area contributed by atoms with Crippen molar-refractivity contribution in [1.29, 1.82) is 0 Å². The lowest BCUT2D eigenvalue weighted by atomic mass is 9.68. The SMILES string of the molecule is CO[C@H]1CC2CC[C@@H](C)[C@@](O)(O2)C(=O)C(=O)N2CCCC3[C@H]2C(=O)O[C@@H](CC(=O)[C@H](C)/C=C(\C)[C@@H](O)[C@@H](OC)C(=O)[C@H](C)C[C@H](C)/C=C/C=C/C=C1C)[C@H]3C[C@@H]1CC[C@@H](O)[C@H](OC)C1. The quantitative estimate of drug-likeness (QED) is 0.181. The van der Waals surface area contributed by atoms with Gasteiger partial charge in [-0.1, -0.05) is 64.2 Å². The number of methoxy groups -OCH3 is 3. The van der Waals surface area contributed by atoms with E-state index in [1.54, 1.807) is 41.1 Å². The number of fused-ring (bicyclic) bond motifs is 3. The highest BCUT2D eigenvalue weighted by Gasteiger charge is 2.57. The number of aliphatic hydroxyl groups is 3. The maximum atomic E-state index is 14.4. The highest BCUT2D eigenvalue weighted by molar-refractivity contribution is 6.39. The van der Waals surface area contributed by atoms with Crippen LogP contribution in [0.25, 0.3) is 0 Å². The van der Waals surface area contributed by atoms with E-state index in [0.29, 0.717) is 69.8 Å². The Balaban J connectivity index is 1.51. The number of esters is 1. The average molecular weight is 898 g/mol. The molecular formula is C50H75NO13. The highest BCUT2D eigenvalue weighted by atomic mass is 16.6. The van der Waals surface area contributed by atoms with Gasteiger partial charge in [0.1, 0.15) is 30.1 Å². The zero-order valence-corrected chi connectivity index (χ0v) is 39.5. The minimum absolute atomic E-state index is 0.0231. The molecule has 3 saturated heterocycles. The summed E-state index contributed by atoms with van der Waals surface area (Å²) in [5.74, 6) is -8.43. The van der Waals surface area contributed by atoms with Crippen LogP contribution in [0.3, 0.4) is 0 Å². The lowest BCUT2D eigenvalue weighted by Crippen LogP contribution is -2.65. The molecule has 4 aliphatic heterocycles. The molecular weight excluding hydrogens is 823 g/mol. The van der Waals surface area contributed by atoms with Crippen molar-refractivity contribution < 1.29 is 63.0 Å². The highest BCUT2D eigenvalue weighted by Crippen LogP contribution is 2.45. The summed E-state index contributed by atoms with van der Waals surface area (Å²) in [5, 5.41) is 34.1. The zero-order valence-electron chi connectivity index (χ0n) is 39.5. The fourth-order valence-corrected chi connectivity index (χ4v) is 10.9. The molecule has 14 nitrogen and oxygen atoms in total. The molecule has 0 aromatic rings. The van der Waals surface area contributed by atoms with Crippen molar-refractivity contribution in [2.45, 2.75) is 167 Å². The fraction of sp³-hybridized carbons (Fsp3) is 0.740. The maximum absolute atomic E-state index is 14.4. The summed E-state index contributed by atoms with van der Waals surface area (Å²) in [6.45, 7) is 10.9. The number of ether oxygens (including phenoxy) is 5. The van der Waals surface area contributed by atoms with Crippen molar-refractivity contribution >= 4 is 29.2 Å². The molecule has 0 radical (unpaired) electrons. The van der Waals surface area contributed by atoms with Crippen LogP contribution in [0, 0.1) is 41.4 Å². The predicted molar refractivity (Wildman–Crippen MR) is 238 cm³/mol. The summed E-state index contributed by atoms with van der Waals surface area (Å²) < 4.78 is 29.4. The zero-order chi connectivity index (χ0) is 47.0. The molecule has 0 aromatic heterocycles. The van der Waals surface area contributed by atoms with E-state index in [4.69, 9.17) is 23.7 Å². The van der Waals surface area contributed by atoms with Crippen LogP contribution in [0.2, 0.25) is 0 Å². The first-order valence-electron chi connectivity index (χ1n) is 23.5. The summed E-state index contributed by atoms with van der Waals surface area (Å²) >= 11 is 0. The molecule has 358 valence electrons. The molecule has 6 bridgehead atoms. The van der Waals surface area contributed by atoms with E-state index in [1.165, 1.54) is 12.0 Å². The van der Waals surface area contributed by atoms with Gasteiger partial charge in [-0.2, -0.15) is 0 Å². The van der Waals surface area contributed by atoms with Gasteiger partial charge in [-0.25, -0.2) is 4.79 Å². The molecule has 4 heterocycles. The second-order valence-electron chi connectivity index (χ2n) is 19.5. The molecule has 5 rings (SSSR count). The first-order valence-corrected chi connectivity index (χ1v) is 23.5. The lowest BCUT2D eigenvalue weighted by Gasteiger charge is -2.50. The summed E-state index contributed by atoms with van der Waals surface area (Å²) in [6, 6.07) is -1.12. The van der Waals surface area contributed by atoms with Crippen LogP contribution in [0.5, 0.6) is 0 Å². The van der Waals surface area contributed by atoms with Crippen LogP contribution in [0.15, 0.2) is 47.6 Å². The van der Waals surface area contributed by atoms with Gasteiger partial charge in [-0.05, 0) is 101 Å². The Kier molecular flexibility index (Phi) is 18.5. The molecule has 64 heavy (non-hydrogen) atoms. The molecule has 5 aliphatic rings. The third kappa shape index (κ3) is 12.0. The van der Waals surface area contributed by atoms with Crippen LogP contribution in [-0.2, 0) is 47.7 Å². The standard InChI is InChI=1S/C50H75NO13/c1-28-14-11-10-12-15-29(2)40(60-7)26-35-19-17-33(6)50(59,64-35)47(56)48(57)51-21-13-16-36-37(24-34-18-20-38(52)42(25-34)61-8)41(63-49(58)43(36)51)27-39(53)30(3)23-32(5)45(55)46(62-9)44(54)31(4)22-28/h10-12,14-15,23,28,30-31,33-38,40-43,45-46,52,55,59H,13,16-22,24-27H2,1-9H3/b12-10+,14-11+,29-15?,32-23+/t28-,30-,31-,33-,34+,35?,36?,37+,38-,40+,41+,42-,43+,45-,46+,50-/m1/s1. The topological polar surface area (TPSA) is 195 Å². The van der Waals surface area contributed by atoms with Crippen molar-refractivity contribution in [3.05, 3.63) is 47.6 Å². The Morgan fingerprint density at radius 3 is 2.27 bits per heavy atom. The first kappa shape index (κ1) is 51.6. The number of carbonyl (C=O) groups is 5. The molecule has 16 atom stereocenters. The van der Waals surface area contributed by atoms with E-state index < -0.39 is 95.7 Å². The van der Waals surface area contributed by atoms with Gasteiger partial charge in [0.05, 0.1) is 24.4 Å². The van der Waals surface area contributed by atoms with Gasteiger partial charge in [0, 0.05) is 64.4 Å². The number of allylic oxidation sites excluding steroid dienone is 6. The van der Waals surface area contributed by atoms with Crippen LogP contribution in [0.4, 0.5) is 0 Å². The second-order valence-corrected chi connectivity index (χ2v) is 19.5. The normalized spacial score (nSPS) is 42.3. The van der Waals surface area contributed by atoms with Crippen LogP contribution in [0.1, 0.15) is 112 Å². The van der Waals surface area contributed by atoms with Crippen molar-refractivity contribution in [2.24, 2.45) is 41.4 Å². The largest absolute Gasteiger partial charge is 0.460 e. The van der Waals surface area contributed by atoms with Crippen molar-refractivity contribution in [2.75, 3.05) is 27.9 Å². The fourth-order valence-electron chi connectivity index (χ4n) is 10.9. The smallest absolute Gasteiger partial charge is 0.329 e. The van der Waals surface area contributed by atoms with Gasteiger partial charge < -0.3 is 43.9 Å². The third-order valence-electron chi connectivity index (χ3n) is 14.9. The molecule has 1 saturated carbocycles. The number of hydrogen-bond acceptors (Lipinski definition) is 13. The monoisotopic (exact) mass is 898 g/mol. The number of Topliss-reactive ketones (excluding diaryl/α,β-unsaturated/α-hetero) is 3. The van der Waals surface area contributed by atoms with E-state index in [0.717, 1.165) is 5.57 Å². The van der Waals surface area contributed by atoms with Gasteiger partial charge in [-0.15, -0.1) is 0 Å². The number of nitrogens with zero attached hydrogens (tertiary/aromatic N) is 1. The van der Waals surface area contributed by atoms with Gasteiger partial charge in [0.2, 0.25) is 5.79 Å². The second kappa shape index (κ2) is 22.9. The minimum Gasteiger partial charge on any atom is -0.460 e. The Hall–Kier alpha value is -3.37. The third-order valence-corrected chi connectivity index (χ3v) is 14.9. The average Bonchev–Trinajstić information content (AvgIpc) is 3.27. The number of rotatable bonds is 5. The molecule has 0 aromatic carbocycles. The molecule has 14 heteroatoms. The van der Waals surface area contributed by atoms with Crippen LogP contribution < -0.4 is 0 Å². The van der Waals surface area contributed by atoms with Gasteiger partial charge in [0.15, 0.2) is 5.78 Å². The van der Waals surface area contributed by atoms with Crippen molar-refractivity contribution in [3.8, 4) is 0 Å². The van der Waals surface area contributed by atoms with Gasteiger partial charge >= 0.3 is 5.97 Å². The predicted octanol–water partition coefficient (Wildman–Crippen LogP) is 5.40. The number of aliphatic hydroxyl groups excluding tert-OH is 2. The minimum atomic E-state index is -2.43. The molecule has 1 aliphatic carbocycles. The number of amides is 1. The molecule has 0 spiro atoms. The summed E-state index contributed by atoms with van der Waals surface area (Å²) in [6.07, 6.45) is 10.8. The van der Waals surface area contributed by atoms with Crippen LogP contribution in [-0.4, -0.2) is 132 Å². The van der Waals surface area contributed by atoms with Gasteiger partial charge in [0.25, 0.3) is 11.7 Å². The molecule has 3 N–H and O–H groups in total. The Labute approximate surface area is 379 Å². The maximum Gasteiger partial charge on any atom is 0.329 e. The summed E-state index contributed by atoms with van der Waals surface area (Å²) in [4.78, 5) is 72.0. The number of hydrogen-bond donors (Lipinski definition) is 3. The van der Waals surface area contributed by atoms with Crippen molar-refractivity contribution in [1.82, 2.24) is 4.90 Å². The molecule has 2 unspecified atom stereocenters. The van der Waals surface area contributed by atoms with E-state index in [-0.39, 0.29) is 42.5 Å². The van der Waals surface area contributed by atoms with Crippen LogP contribution >= 0.6 is 0 Å². The van der Waals surface area contributed by atoms with E-state index in [1.807, 2.05) is 51.2 Å². The van der Waals surface area contributed by atoms with E-state index in [9.17, 15) is 39.3 Å². The van der Waals surface area contributed by atoms with Crippen molar-refractivity contribution in [3.63, 3.8) is 0 Å². The number of piperidine rings is 1. The molecule has 4 fully saturated rings. The number of carbonyl (C=O) groups excluding carboxylic acids is 5. The lowest BCUT2D eigenvalue weighted by molar-refractivity contribution is -0.266. The Morgan fingerprint density at radius 1 is 0.844 bits per heavy atom. The van der Waals surface area contributed by atoms with E-state index >= 15 is 0 Å². The summed E-state index contributed by atoms with van der Waals surface area (Å²) in [5.41, 5.74) is 1.28. The molecule has 1 amide bonds. The summed E-state index contributed by atoms with van der Waals surface area (Å²) in [7, 11) is 4.52. The van der Waals surface area contributed by atoms with E-state index in [2.05, 4.69) is 0 Å².